The number of aryl methyl sites for hydroxylation is 1. The third kappa shape index (κ3) is 2.08. The van der Waals surface area contributed by atoms with Gasteiger partial charge in [-0.05, 0) is 37.7 Å². The van der Waals surface area contributed by atoms with Crippen molar-refractivity contribution in [2.75, 3.05) is 6.61 Å². The van der Waals surface area contributed by atoms with E-state index in [0.29, 0.717) is 5.92 Å². The van der Waals surface area contributed by atoms with Gasteiger partial charge >= 0.3 is 0 Å². The van der Waals surface area contributed by atoms with E-state index >= 15 is 0 Å². The first-order valence-corrected chi connectivity index (χ1v) is 7.08. The molecule has 1 spiro atoms. The van der Waals surface area contributed by atoms with Gasteiger partial charge in [-0.25, -0.2) is 0 Å². The van der Waals surface area contributed by atoms with E-state index in [-0.39, 0.29) is 11.6 Å². The maximum atomic E-state index is 6.45. The van der Waals surface area contributed by atoms with Gasteiger partial charge in [0.2, 0.25) is 0 Å². The van der Waals surface area contributed by atoms with Gasteiger partial charge in [-0.1, -0.05) is 12.8 Å². The highest BCUT2D eigenvalue weighted by Crippen LogP contribution is 2.44. The van der Waals surface area contributed by atoms with E-state index < -0.39 is 0 Å². The van der Waals surface area contributed by atoms with Crippen LogP contribution in [-0.4, -0.2) is 22.0 Å². The average molecular weight is 249 g/mol. The molecule has 2 atom stereocenters. The molecule has 3 rings (SSSR count). The van der Waals surface area contributed by atoms with Crippen molar-refractivity contribution in [2.24, 2.45) is 18.7 Å². The molecule has 1 aliphatic carbocycles. The van der Waals surface area contributed by atoms with E-state index in [0.717, 1.165) is 25.1 Å². The van der Waals surface area contributed by atoms with E-state index in [2.05, 4.69) is 5.10 Å². The highest BCUT2D eigenvalue weighted by Gasteiger charge is 2.41. The molecule has 0 bridgehead atoms. The van der Waals surface area contributed by atoms with Crippen molar-refractivity contribution in [3.05, 3.63) is 18.0 Å². The lowest BCUT2D eigenvalue weighted by Crippen LogP contribution is -2.41. The van der Waals surface area contributed by atoms with Gasteiger partial charge in [0.1, 0.15) is 0 Å². The van der Waals surface area contributed by atoms with Crippen molar-refractivity contribution < 1.29 is 4.74 Å². The maximum absolute atomic E-state index is 6.45. The molecule has 1 saturated carbocycles. The second kappa shape index (κ2) is 4.67. The largest absolute Gasteiger partial charge is 0.375 e. The van der Waals surface area contributed by atoms with Crippen LogP contribution in [0, 0.1) is 5.92 Å². The topological polar surface area (TPSA) is 53.1 Å². The Hall–Kier alpha value is -0.870. The Balaban J connectivity index is 1.74. The molecule has 1 aromatic heterocycles. The zero-order valence-electron chi connectivity index (χ0n) is 11.1. The molecule has 100 valence electrons. The number of ether oxygens (including phenoxy) is 1. The number of nitrogens with two attached hydrogens (primary N) is 1. The molecule has 0 aromatic carbocycles. The van der Waals surface area contributed by atoms with Gasteiger partial charge in [-0.3, -0.25) is 4.68 Å². The first-order valence-electron chi connectivity index (χ1n) is 7.08. The molecule has 1 aromatic rings. The third-order valence-corrected chi connectivity index (χ3v) is 4.75. The van der Waals surface area contributed by atoms with Crippen molar-refractivity contribution in [3.8, 4) is 0 Å². The molecule has 18 heavy (non-hydrogen) atoms. The highest BCUT2D eigenvalue weighted by molar-refractivity contribution is 5.09. The normalized spacial score (nSPS) is 28.7. The van der Waals surface area contributed by atoms with Crippen molar-refractivity contribution in [1.29, 1.82) is 0 Å². The van der Waals surface area contributed by atoms with Crippen LogP contribution in [0.3, 0.4) is 0 Å². The molecule has 2 unspecified atom stereocenters. The summed E-state index contributed by atoms with van der Waals surface area (Å²) in [5.41, 5.74) is 7.75. The van der Waals surface area contributed by atoms with E-state index in [4.69, 9.17) is 10.5 Å². The fraction of sp³-hybridized carbons (Fsp3) is 0.786. The number of hydrogen-bond acceptors (Lipinski definition) is 3. The molecule has 4 heteroatoms. The van der Waals surface area contributed by atoms with Gasteiger partial charge in [0, 0.05) is 25.9 Å². The summed E-state index contributed by atoms with van der Waals surface area (Å²) in [6, 6.07) is 2.14. The van der Waals surface area contributed by atoms with Crippen LogP contribution in [0.1, 0.15) is 50.3 Å². The van der Waals surface area contributed by atoms with Crippen molar-refractivity contribution in [3.63, 3.8) is 0 Å². The Morgan fingerprint density at radius 1 is 1.50 bits per heavy atom. The van der Waals surface area contributed by atoms with E-state index in [1.54, 1.807) is 0 Å². The zero-order valence-corrected chi connectivity index (χ0v) is 11.1. The summed E-state index contributed by atoms with van der Waals surface area (Å²) in [6.45, 7) is 0.871. The van der Waals surface area contributed by atoms with Crippen LogP contribution < -0.4 is 5.73 Å². The Morgan fingerprint density at radius 2 is 2.28 bits per heavy atom. The minimum Gasteiger partial charge on any atom is -0.375 e. The van der Waals surface area contributed by atoms with Gasteiger partial charge < -0.3 is 10.5 Å². The molecule has 2 N–H and O–H groups in total. The molecule has 1 aliphatic heterocycles. The van der Waals surface area contributed by atoms with E-state index in [1.165, 1.54) is 25.7 Å². The summed E-state index contributed by atoms with van der Waals surface area (Å²) in [4.78, 5) is 0. The number of aromatic nitrogens is 2. The smallest absolute Gasteiger partial charge is 0.0686 e. The first kappa shape index (κ1) is 12.2. The fourth-order valence-electron chi connectivity index (χ4n) is 3.69. The van der Waals surface area contributed by atoms with Crippen LogP contribution in [0.15, 0.2) is 12.3 Å². The SMILES string of the molecule is Cn1nccc1C(N)C1CCOC2(CCCC2)C1. The standard InChI is InChI=1S/C14H23N3O/c1-17-12(4-8-16-17)13(15)11-5-9-18-14(10-11)6-2-3-7-14/h4,8,11,13H,2-3,5-7,9-10,15H2,1H3. The second-order valence-electron chi connectivity index (χ2n) is 5.90. The summed E-state index contributed by atoms with van der Waals surface area (Å²) in [5, 5.41) is 4.23. The van der Waals surface area contributed by atoms with Crippen LogP contribution >= 0.6 is 0 Å². The molecule has 2 heterocycles. The molecule has 2 aliphatic rings. The van der Waals surface area contributed by atoms with Crippen LogP contribution in [-0.2, 0) is 11.8 Å². The molecular formula is C14H23N3O. The van der Waals surface area contributed by atoms with Crippen LogP contribution in [0.2, 0.25) is 0 Å². The van der Waals surface area contributed by atoms with Gasteiger partial charge in [-0.15, -0.1) is 0 Å². The number of rotatable bonds is 2. The van der Waals surface area contributed by atoms with Gasteiger partial charge in [0.05, 0.1) is 11.3 Å². The van der Waals surface area contributed by atoms with Gasteiger partial charge in [0.15, 0.2) is 0 Å². The van der Waals surface area contributed by atoms with Crippen molar-refractivity contribution in [2.45, 2.75) is 50.2 Å². The third-order valence-electron chi connectivity index (χ3n) is 4.75. The minimum absolute atomic E-state index is 0.0962. The summed E-state index contributed by atoms with van der Waals surface area (Å²) in [6.07, 6.45) is 9.11. The lowest BCUT2D eigenvalue weighted by Gasteiger charge is -2.40. The maximum Gasteiger partial charge on any atom is 0.0686 e. The predicted molar refractivity (Wildman–Crippen MR) is 70.0 cm³/mol. The zero-order chi connectivity index (χ0) is 12.6. The molecule has 1 saturated heterocycles. The van der Waals surface area contributed by atoms with Gasteiger partial charge in [-0.2, -0.15) is 5.10 Å². The summed E-state index contributed by atoms with van der Waals surface area (Å²) < 4.78 is 7.98. The minimum atomic E-state index is 0.0962. The second-order valence-corrected chi connectivity index (χ2v) is 5.90. The van der Waals surface area contributed by atoms with Crippen LogP contribution in [0.5, 0.6) is 0 Å². The molecule has 0 amide bonds. The Bertz CT molecular complexity index is 409. The lowest BCUT2D eigenvalue weighted by atomic mass is 9.80. The van der Waals surface area contributed by atoms with Crippen molar-refractivity contribution in [1.82, 2.24) is 9.78 Å². The van der Waals surface area contributed by atoms with E-state index in [1.807, 2.05) is 24.0 Å². The Morgan fingerprint density at radius 3 is 2.94 bits per heavy atom. The number of hydrogen-bond donors (Lipinski definition) is 1. The summed E-state index contributed by atoms with van der Waals surface area (Å²) in [7, 11) is 1.97. The number of nitrogens with zero attached hydrogens (tertiary/aromatic N) is 2. The fourth-order valence-corrected chi connectivity index (χ4v) is 3.69. The summed E-state index contributed by atoms with van der Waals surface area (Å²) >= 11 is 0. The molecule has 2 fully saturated rings. The van der Waals surface area contributed by atoms with Crippen molar-refractivity contribution >= 4 is 0 Å². The monoisotopic (exact) mass is 249 g/mol. The first-order chi connectivity index (χ1) is 8.70. The Kier molecular flexibility index (Phi) is 3.16. The lowest BCUT2D eigenvalue weighted by molar-refractivity contribution is -0.0966. The van der Waals surface area contributed by atoms with Crippen LogP contribution in [0.25, 0.3) is 0 Å². The molecule has 0 radical (unpaired) electrons. The quantitative estimate of drug-likeness (QED) is 0.874. The van der Waals surface area contributed by atoms with Crippen LogP contribution in [0.4, 0.5) is 0 Å². The molecule has 4 nitrogen and oxygen atoms in total. The average Bonchev–Trinajstić information content (AvgIpc) is 2.98. The highest BCUT2D eigenvalue weighted by atomic mass is 16.5. The van der Waals surface area contributed by atoms with Gasteiger partial charge in [0.25, 0.3) is 0 Å². The predicted octanol–water partition coefficient (Wildman–Crippen LogP) is 2.16. The molecular weight excluding hydrogens is 226 g/mol. The summed E-state index contributed by atoms with van der Waals surface area (Å²) in [5.74, 6) is 0.534. The van der Waals surface area contributed by atoms with E-state index in [9.17, 15) is 0 Å². The Labute approximate surface area is 108 Å².